The molecule has 0 bridgehead atoms. The Balaban J connectivity index is 3.33. The summed E-state index contributed by atoms with van der Waals surface area (Å²) in [6.45, 7) is 18.8. The highest BCUT2D eigenvalue weighted by atomic mass is 28.4. The van der Waals surface area contributed by atoms with Gasteiger partial charge in [0.2, 0.25) is 0 Å². The molecular formula is C24H36F3NO3Si. The molecule has 0 aliphatic heterocycles. The van der Waals surface area contributed by atoms with E-state index >= 15 is 0 Å². The molecule has 0 spiro atoms. The average Bonchev–Trinajstić information content (AvgIpc) is 2.55. The minimum Gasteiger partial charge on any atom is -0.444 e. The molecule has 4 nitrogen and oxygen atoms in total. The van der Waals surface area contributed by atoms with Crippen molar-refractivity contribution in [3.05, 3.63) is 34.9 Å². The van der Waals surface area contributed by atoms with E-state index in [9.17, 15) is 18.0 Å². The van der Waals surface area contributed by atoms with Crippen LogP contribution in [0, 0.1) is 11.8 Å². The number of nitrogens with one attached hydrogen (secondary N) is 1. The van der Waals surface area contributed by atoms with E-state index < -0.39 is 43.9 Å². The molecule has 0 unspecified atom stereocenters. The third-order valence-electron chi connectivity index (χ3n) is 5.28. The number of halogens is 3. The fourth-order valence-electron chi connectivity index (χ4n) is 2.69. The van der Waals surface area contributed by atoms with Gasteiger partial charge in [0.15, 0.2) is 8.32 Å². The van der Waals surface area contributed by atoms with Crippen LogP contribution in [0.4, 0.5) is 18.0 Å². The molecule has 0 aliphatic carbocycles. The van der Waals surface area contributed by atoms with Gasteiger partial charge < -0.3 is 14.5 Å². The van der Waals surface area contributed by atoms with Gasteiger partial charge in [-0.05, 0) is 64.4 Å². The van der Waals surface area contributed by atoms with E-state index in [4.69, 9.17) is 9.16 Å². The van der Waals surface area contributed by atoms with Crippen molar-refractivity contribution in [2.45, 2.75) is 97.4 Å². The number of rotatable bonds is 4. The molecule has 0 aromatic heterocycles. The molecule has 1 aromatic rings. The predicted octanol–water partition coefficient (Wildman–Crippen LogP) is 7.05. The number of carbonyl (C=O) groups excluding carboxylic acids is 1. The zero-order valence-electron chi connectivity index (χ0n) is 20.7. The smallest absolute Gasteiger partial charge is 0.417 e. The zero-order chi connectivity index (χ0) is 25.1. The SMILES string of the molecule is C[C@H](C#Cc1c([C@@H](C)NC(=O)OC(C)(C)C)cccc1C(F)(F)F)O[Si](C)(C)C(C)(C)C. The minimum absolute atomic E-state index is 0.0518. The number of alkyl halides is 3. The molecule has 8 heteroatoms. The summed E-state index contributed by atoms with van der Waals surface area (Å²) in [6.07, 6.45) is -5.84. The lowest BCUT2D eigenvalue weighted by molar-refractivity contribution is -0.137. The number of carbonyl (C=O) groups is 1. The Morgan fingerprint density at radius 3 is 2.09 bits per heavy atom. The number of ether oxygens (including phenoxy) is 1. The van der Waals surface area contributed by atoms with Gasteiger partial charge in [0.1, 0.15) is 11.7 Å². The zero-order valence-corrected chi connectivity index (χ0v) is 21.7. The molecular weight excluding hydrogens is 435 g/mol. The molecule has 0 saturated carbocycles. The Bertz CT molecular complexity index is 872. The first-order valence-corrected chi connectivity index (χ1v) is 13.5. The summed E-state index contributed by atoms with van der Waals surface area (Å²) in [5, 5.41) is 2.55. The van der Waals surface area contributed by atoms with Gasteiger partial charge in [-0.15, -0.1) is 0 Å². The van der Waals surface area contributed by atoms with Gasteiger partial charge in [-0.2, -0.15) is 13.2 Å². The van der Waals surface area contributed by atoms with E-state index in [1.54, 1.807) is 34.6 Å². The molecule has 0 fully saturated rings. The van der Waals surface area contributed by atoms with Gasteiger partial charge in [-0.1, -0.05) is 44.7 Å². The van der Waals surface area contributed by atoms with Crippen molar-refractivity contribution in [2.75, 3.05) is 0 Å². The molecule has 0 aliphatic rings. The standard InChI is InChI=1S/C24H36F3NO3Si/c1-16(31-32(9,10)23(6,7)8)14-15-19-18(12-11-13-20(19)24(25,26)27)17(2)28-21(29)30-22(3,4)5/h11-13,16-17H,1-10H3,(H,28,29)/t16-,17-/m1/s1. The molecule has 0 radical (unpaired) electrons. The van der Waals surface area contributed by atoms with E-state index in [0.29, 0.717) is 0 Å². The first-order chi connectivity index (χ1) is 14.2. The van der Waals surface area contributed by atoms with Gasteiger partial charge in [0.25, 0.3) is 0 Å². The van der Waals surface area contributed by atoms with Gasteiger partial charge >= 0.3 is 12.3 Å². The monoisotopic (exact) mass is 471 g/mol. The van der Waals surface area contributed by atoms with Crippen LogP contribution in [0.1, 0.15) is 78.1 Å². The second-order valence-corrected chi connectivity index (χ2v) is 15.2. The summed E-state index contributed by atoms with van der Waals surface area (Å²) in [5.74, 6) is 5.54. The Morgan fingerprint density at radius 2 is 1.62 bits per heavy atom. The van der Waals surface area contributed by atoms with Crippen molar-refractivity contribution in [3.8, 4) is 11.8 Å². The van der Waals surface area contributed by atoms with Crippen molar-refractivity contribution in [1.82, 2.24) is 5.32 Å². The van der Waals surface area contributed by atoms with E-state index in [2.05, 4.69) is 51.0 Å². The Kier molecular flexibility index (Phi) is 8.66. The number of hydrogen-bond acceptors (Lipinski definition) is 3. The number of alkyl carbamates (subject to hydrolysis) is 1. The summed E-state index contributed by atoms with van der Waals surface area (Å²) in [5.41, 5.74) is -1.48. The van der Waals surface area contributed by atoms with Gasteiger partial charge in [0, 0.05) is 5.56 Å². The lowest BCUT2D eigenvalue weighted by atomic mass is 9.96. The van der Waals surface area contributed by atoms with Crippen LogP contribution < -0.4 is 5.32 Å². The van der Waals surface area contributed by atoms with Crippen LogP contribution in [0.5, 0.6) is 0 Å². The van der Waals surface area contributed by atoms with Crippen LogP contribution in [-0.4, -0.2) is 26.1 Å². The van der Waals surface area contributed by atoms with Crippen molar-refractivity contribution < 1.29 is 27.1 Å². The van der Waals surface area contributed by atoms with Gasteiger partial charge in [-0.25, -0.2) is 4.79 Å². The topological polar surface area (TPSA) is 47.6 Å². The Labute approximate surface area is 191 Å². The lowest BCUT2D eigenvalue weighted by Crippen LogP contribution is -2.43. The maximum absolute atomic E-state index is 13.7. The number of amides is 1. The van der Waals surface area contributed by atoms with Crippen LogP contribution in [0.3, 0.4) is 0 Å². The molecule has 180 valence electrons. The third kappa shape index (κ3) is 8.17. The van der Waals surface area contributed by atoms with Crippen LogP contribution in [0.15, 0.2) is 18.2 Å². The Morgan fingerprint density at radius 1 is 1.06 bits per heavy atom. The quantitative estimate of drug-likeness (QED) is 0.378. The fraction of sp³-hybridized carbons (Fsp3) is 0.625. The number of benzene rings is 1. The first-order valence-electron chi connectivity index (χ1n) is 10.6. The Hall–Kier alpha value is -1.98. The van der Waals surface area contributed by atoms with E-state index in [0.717, 1.165) is 6.07 Å². The molecule has 1 rings (SSSR count). The van der Waals surface area contributed by atoms with E-state index in [-0.39, 0.29) is 16.2 Å². The third-order valence-corrected chi connectivity index (χ3v) is 9.84. The minimum atomic E-state index is -4.59. The molecule has 1 amide bonds. The summed E-state index contributed by atoms with van der Waals surface area (Å²) >= 11 is 0. The van der Waals surface area contributed by atoms with E-state index in [1.165, 1.54) is 12.1 Å². The van der Waals surface area contributed by atoms with Crippen molar-refractivity contribution >= 4 is 14.4 Å². The second-order valence-electron chi connectivity index (χ2n) is 10.4. The molecule has 32 heavy (non-hydrogen) atoms. The summed E-state index contributed by atoms with van der Waals surface area (Å²) in [7, 11) is -2.13. The van der Waals surface area contributed by atoms with Gasteiger partial charge in [-0.3, -0.25) is 0 Å². The highest BCUT2D eigenvalue weighted by molar-refractivity contribution is 6.74. The summed E-state index contributed by atoms with van der Waals surface area (Å²) < 4.78 is 52.6. The highest BCUT2D eigenvalue weighted by Gasteiger charge is 2.38. The van der Waals surface area contributed by atoms with Crippen molar-refractivity contribution in [1.29, 1.82) is 0 Å². The second kappa shape index (κ2) is 9.88. The van der Waals surface area contributed by atoms with Gasteiger partial charge in [0.05, 0.1) is 11.6 Å². The fourth-order valence-corrected chi connectivity index (χ4v) is 3.99. The molecule has 1 aromatic carbocycles. The van der Waals surface area contributed by atoms with Crippen LogP contribution in [0.25, 0.3) is 0 Å². The van der Waals surface area contributed by atoms with Crippen LogP contribution >= 0.6 is 0 Å². The molecule has 2 atom stereocenters. The summed E-state index contributed by atoms with van der Waals surface area (Å²) in [4.78, 5) is 12.1. The number of hydrogen-bond donors (Lipinski definition) is 1. The van der Waals surface area contributed by atoms with Crippen LogP contribution in [0.2, 0.25) is 18.1 Å². The average molecular weight is 472 g/mol. The predicted molar refractivity (Wildman–Crippen MR) is 124 cm³/mol. The van der Waals surface area contributed by atoms with Crippen molar-refractivity contribution in [3.63, 3.8) is 0 Å². The van der Waals surface area contributed by atoms with E-state index in [1.807, 2.05) is 0 Å². The van der Waals surface area contributed by atoms with Crippen LogP contribution in [-0.2, 0) is 15.3 Å². The van der Waals surface area contributed by atoms with Crippen molar-refractivity contribution in [2.24, 2.45) is 0 Å². The molecule has 0 heterocycles. The normalized spacial score (nSPS) is 14.8. The highest BCUT2D eigenvalue weighted by Crippen LogP contribution is 2.37. The summed E-state index contributed by atoms with van der Waals surface area (Å²) in [6, 6.07) is 3.09. The maximum atomic E-state index is 13.7. The largest absolute Gasteiger partial charge is 0.444 e. The first kappa shape index (κ1) is 28.1. The lowest BCUT2D eigenvalue weighted by Gasteiger charge is -2.37. The molecule has 1 N–H and O–H groups in total. The maximum Gasteiger partial charge on any atom is 0.417 e. The molecule has 0 saturated heterocycles.